The number of rotatable bonds is 4. The molecule has 1 heterocycles. The first kappa shape index (κ1) is 18.5. The second-order valence-corrected chi connectivity index (χ2v) is 7.48. The summed E-state index contributed by atoms with van der Waals surface area (Å²) in [6.07, 6.45) is -1.74. The van der Waals surface area contributed by atoms with Gasteiger partial charge in [-0.1, -0.05) is 41.4 Å². The monoisotopic (exact) mass is 408 g/mol. The van der Waals surface area contributed by atoms with E-state index in [9.17, 15) is 15.3 Å². The summed E-state index contributed by atoms with van der Waals surface area (Å²) in [5.74, 6) is 0.146. The first-order valence-corrected chi connectivity index (χ1v) is 9.32. The molecular formula is C19H18Cl2N2O4. The summed E-state index contributed by atoms with van der Waals surface area (Å²) < 4.78 is 7.67. The third-order valence-electron chi connectivity index (χ3n) is 4.99. The number of aliphatic hydroxyl groups excluding tert-OH is 3. The Morgan fingerprint density at radius 3 is 2.44 bits per heavy atom. The standard InChI is InChI=1S/C19H18Cl2N2O4/c20-12-7-14-15(8-13(12)21)23(16-6-10(9-24)17(25)18(16)26)19(22-14)27-11-4-2-1-3-5-11/h1-5,7-8,10,16-18,24-26H,6,9H2. The topological polar surface area (TPSA) is 87.7 Å². The summed E-state index contributed by atoms with van der Waals surface area (Å²) in [5, 5.41) is 31.0. The molecule has 1 saturated carbocycles. The molecule has 1 aliphatic carbocycles. The van der Waals surface area contributed by atoms with Crippen LogP contribution in [0.5, 0.6) is 11.8 Å². The molecule has 3 N–H and O–H groups in total. The van der Waals surface area contributed by atoms with Gasteiger partial charge in [0, 0.05) is 12.5 Å². The number of hydrogen-bond donors (Lipinski definition) is 3. The molecule has 27 heavy (non-hydrogen) atoms. The van der Waals surface area contributed by atoms with Crippen molar-refractivity contribution in [2.24, 2.45) is 5.92 Å². The molecule has 0 saturated heterocycles. The lowest BCUT2D eigenvalue weighted by molar-refractivity contribution is -0.00419. The smallest absolute Gasteiger partial charge is 0.303 e. The van der Waals surface area contributed by atoms with Gasteiger partial charge in [0.15, 0.2) is 0 Å². The fourth-order valence-electron chi connectivity index (χ4n) is 3.59. The average Bonchev–Trinajstić information content (AvgIpc) is 3.13. The number of imidazole rings is 1. The van der Waals surface area contributed by atoms with Crippen molar-refractivity contribution < 1.29 is 20.1 Å². The molecule has 142 valence electrons. The van der Waals surface area contributed by atoms with E-state index < -0.39 is 24.2 Å². The van der Waals surface area contributed by atoms with Crippen LogP contribution in [0.15, 0.2) is 42.5 Å². The number of ether oxygens (including phenoxy) is 1. The number of aromatic nitrogens is 2. The minimum atomic E-state index is -1.08. The predicted molar refractivity (Wildman–Crippen MR) is 103 cm³/mol. The molecule has 4 unspecified atom stereocenters. The molecule has 0 spiro atoms. The molecule has 2 aromatic carbocycles. The third-order valence-corrected chi connectivity index (χ3v) is 5.71. The zero-order valence-corrected chi connectivity index (χ0v) is 15.7. The molecule has 0 radical (unpaired) electrons. The van der Waals surface area contributed by atoms with E-state index in [0.717, 1.165) is 0 Å². The van der Waals surface area contributed by atoms with E-state index in [1.54, 1.807) is 28.8 Å². The highest BCUT2D eigenvalue weighted by molar-refractivity contribution is 6.42. The first-order valence-electron chi connectivity index (χ1n) is 8.56. The molecule has 1 fully saturated rings. The van der Waals surface area contributed by atoms with Gasteiger partial charge >= 0.3 is 6.01 Å². The first-order chi connectivity index (χ1) is 13.0. The van der Waals surface area contributed by atoms with E-state index in [0.29, 0.717) is 33.2 Å². The Bertz CT molecular complexity index is 963. The maximum atomic E-state index is 10.6. The number of fused-ring (bicyclic) bond motifs is 1. The molecule has 4 atom stereocenters. The molecular weight excluding hydrogens is 391 g/mol. The van der Waals surface area contributed by atoms with Crippen LogP contribution in [0.4, 0.5) is 0 Å². The van der Waals surface area contributed by atoms with Crippen LogP contribution >= 0.6 is 23.2 Å². The molecule has 0 aliphatic heterocycles. The fourth-order valence-corrected chi connectivity index (χ4v) is 3.91. The van der Waals surface area contributed by atoms with Gasteiger partial charge in [-0.25, -0.2) is 0 Å². The number of hydrogen-bond acceptors (Lipinski definition) is 5. The van der Waals surface area contributed by atoms with Crippen molar-refractivity contribution in [1.29, 1.82) is 0 Å². The van der Waals surface area contributed by atoms with Gasteiger partial charge in [-0.2, -0.15) is 4.98 Å². The molecule has 0 bridgehead atoms. The fraction of sp³-hybridized carbons (Fsp3) is 0.316. The molecule has 3 aromatic rings. The quantitative estimate of drug-likeness (QED) is 0.615. The van der Waals surface area contributed by atoms with Crippen molar-refractivity contribution >= 4 is 34.2 Å². The van der Waals surface area contributed by atoms with E-state index in [-0.39, 0.29) is 12.6 Å². The molecule has 1 aliphatic rings. The van der Waals surface area contributed by atoms with Gasteiger partial charge in [0.25, 0.3) is 0 Å². The zero-order valence-electron chi connectivity index (χ0n) is 14.2. The summed E-state index contributed by atoms with van der Waals surface area (Å²) in [6.45, 7) is -0.219. The Balaban J connectivity index is 1.86. The normalized spacial score (nSPS) is 25.2. The van der Waals surface area contributed by atoms with E-state index in [1.807, 2.05) is 18.2 Å². The van der Waals surface area contributed by atoms with Gasteiger partial charge in [0.05, 0.1) is 33.2 Å². The largest absolute Gasteiger partial charge is 0.425 e. The van der Waals surface area contributed by atoms with Crippen LogP contribution in [-0.2, 0) is 0 Å². The van der Waals surface area contributed by atoms with Crippen LogP contribution in [-0.4, -0.2) is 43.7 Å². The van der Waals surface area contributed by atoms with Crippen LogP contribution in [0.25, 0.3) is 11.0 Å². The highest BCUT2D eigenvalue weighted by Gasteiger charge is 2.43. The Labute approximate surface area is 165 Å². The highest BCUT2D eigenvalue weighted by atomic mass is 35.5. The number of para-hydroxylation sites is 1. The molecule has 4 rings (SSSR count). The maximum Gasteiger partial charge on any atom is 0.303 e. The number of benzene rings is 2. The lowest BCUT2D eigenvalue weighted by atomic mass is 10.1. The van der Waals surface area contributed by atoms with Crippen LogP contribution in [0, 0.1) is 5.92 Å². The van der Waals surface area contributed by atoms with Crippen LogP contribution < -0.4 is 4.74 Å². The lowest BCUT2D eigenvalue weighted by Gasteiger charge is -2.21. The summed E-state index contributed by atoms with van der Waals surface area (Å²) in [4.78, 5) is 4.51. The number of aliphatic hydroxyl groups is 3. The van der Waals surface area contributed by atoms with Gasteiger partial charge in [0.2, 0.25) is 0 Å². The van der Waals surface area contributed by atoms with Crippen LogP contribution in [0.1, 0.15) is 12.5 Å². The van der Waals surface area contributed by atoms with E-state index in [4.69, 9.17) is 27.9 Å². The van der Waals surface area contributed by atoms with Crippen molar-refractivity contribution in [1.82, 2.24) is 9.55 Å². The van der Waals surface area contributed by atoms with Crippen LogP contribution in [0.2, 0.25) is 10.0 Å². The van der Waals surface area contributed by atoms with Crippen molar-refractivity contribution in [2.45, 2.75) is 24.7 Å². The van der Waals surface area contributed by atoms with E-state index >= 15 is 0 Å². The minimum Gasteiger partial charge on any atom is -0.425 e. The van der Waals surface area contributed by atoms with Gasteiger partial charge in [-0.15, -0.1) is 0 Å². The lowest BCUT2D eigenvalue weighted by Crippen LogP contribution is -2.30. The SMILES string of the molecule is OCC1CC(n2c(Oc3ccccc3)nc3cc(Cl)c(Cl)cc32)C(O)C1O. The Kier molecular flexibility index (Phi) is 5.01. The summed E-state index contributed by atoms with van der Waals surface area (Å²) in [5.41, 5.74) is 1.19. The summed E-state index contributed by atoms with van der Waals surface area (Å²) in [7, 11) is 0. The molecule has 1 aromatic heterocycles. The molecule has 0 amide bonds. The van der Waals surface area contributed by atoms with Gasteiger partial charge in [-0.05, 0) is 30.7 Å². The van der Waals surface area contributed by atoms with Gasteiger partial charge in [0.1, 0.15) is 11.9 Å². The van der Waals surface area contributed by atoms with Crippen molar-refractivity contribution in [2.75, 3.05) is 6.61 Å². The number of halogens is 2. The summed E-state index contributed by atoms with van der Waals surface area (Å²) in [6, 6.07) is 12.2. The Morgan fingerprint density at radius 2 is 1.78 bits per heavy atom. The second kappa shape index (κ2) is 7.30. The highest BCUT2D eigenvalue weighted by Crippen LogP contribution is 2.42. The van der Waals surface area contributed by atoms with E-state index in [1.165, 1.54) is 0 Å². The second-order valence-electron chi connectivity index (χ2n) is 6.66. The molecule has 8 heteroatoms. The predicted octanol–water partition coefficient (Wildman–Crippen LogP) is 3.41. The van der Waals surface area contributed by atoms with Gasteiger partial charge in [-0.3, -0.25) is 4.57 Å². The maximum absolute atomic E-state index is 10.6. The van der Waals surface area contributed by atoms with Crippen molar-refractivity contribution in [3.63, 3.8) is 0 Å². The van der Waals surface area contributed by atoms with Crippen molar-refractivity contribution in [3.8, 4) is 11.8 Å². The minimum absolute atomic E-state index is 0.219. The van der Waals surface area contributed by atoms with Gasteiger partial charge < -0.3 is 20.1 Å². The Hall–Kier alpha value is -1.83. The van der Waals surface area contributed by atoms with Crippen molar-refractivity contribution in [3.05, 3.63) is 52.5 Å². The number of nitrogens with zero attached hydrogens (tertiary/aromatic N) is 2. The summed E-state index contributed by atoms with van der Waals surface area (Å²) >= 11 is 12.3. The zero-order chi connectivity index (χ0) is 19.1. The molecule has 6 nitrogen and oxygen atoms in total. The average molecular weight is 409 g/mol. The van der Waals surface area contributed by atoms with Crippen LogP contribution in [0.3, 0.4) is 0 Å². The third kappa shape index (κ3) is 3.28. The Morgan fingerprint density at radius 1 is 1.07 bits per heavy atom. The van der Waals surface area contributed by atoms with E-state index in [2.05, 4.69) is 4.98 Å².